The van der Waals surface area contributed by atoms with Crippen LogP contribution in [0.2, 0.25) is 0 Å². The van der Waals surface area contributed by atoms with E-state index in [1.807, 2.05) is 6.92 Å². The van der Waals surface area contributed by atoms with Crippen LogP contribution < -0.4 is 5.73 Å². The Morgan fingerprint density at radius 2 is 2.00 bits per heavy atom. The van der Waals surface area contributed by atoms with E-state index in [-0.39, 0.29) is 16.8 Å². The number of amides is 1. The molecule has 3 rings (SSSR count). The first-order valence-electron chi connectivity index (χ1n) is 9.04. The SMILES string of the molecule is Cc1ccc(C(=O)N2CC(CN)CC2C)cc1S(=O)(=O)N1CCOCC1. The molecule has 7 nitrogen and oxygen atoms in total. The lowest BCUT2D eigenvalue weighted by Gasteiger charge is -2.27. The Morgan fingerprint density at radius 1 is 1.31 bits per heavy atom. The Labute approximate surface area is 155 Å². The molecule has 2 unspecified atom stereocenters. The van der Waals surface area contributed by atoms with Crippen molar-refractivity contribution in [3.63, 3.8) is 0 Å². The molecule has 0 spiro atoms. The fraction of sp³-hybridized carbons (Fsp3) is 0.611. The standard InChI is InChI=1S/C18H27N3O4S/c1-13-3-4-16(18(22)21-12-15(11-19)9-14(21)2)10-17(13)26(23,24)20-5-7-25-8-6-20/h3-4,10,14-15H,5-9,11-12,19H2,1-2H3. The highest BCUT2D eigenvalue weighted by molar-refractivity contribution is 7.89. The second-order valence-electron chi connectivity index (χ2n) is 7.14. The average molecular weight is 381 g/mol. The molecular weight excluding hydrogens is 354 g/mol. The first-order chi connectivity index (χ1) is 12.3. The third-order valence-corrected chi connectivity index (χ3v) is 7.32. The number of carbonyl (C=O) groups excluding carboxylic acids is 1. The minimum atomic E-state index is -3.64. The predicted molar refractivity (Wildman–Crippen MR) is 98.4 cm³/mol. The maximum atomic E-state index is 13.0. The second kappa shape index (κ2) is 7.64. The number of nitrogens with zero attached hydrogens (tertiary/aromatic N) is 2. The van der Waals surface area contributed by atoms with E-state index in [0.717, 1.165) is 6.42 Å². The van der Waals surface area contributed by atoms with Crippen LogP contribution >= 0.6 is 0 Å². The third-order valence-electron chi connectivity index (χ3n) is 5.28. The van der Waals surface area contributed by atoms with Gasteiger partial charge in [0.05, 0.1) is 18.1 Å². The van der Waals surface area contributed by atoms with Crippen molar-refractivity contribution < 1.29 is 17.9 Å². The number of hydrogen-bond acceptors (Lipinski definition) is 5. The number of carbonyl (C=O) groups is 1. The number of likely N-dealkylation sites (tertiary alicyclic amines) is 1. The van der Waals surface area contributed by atoms with Gasteiger partial charge in [-0.05, 0) is 50.4 Å². The van der Waals surface area contributed by atoms with E-state index < -0.39 is 10.0 Å². The van der Waals surface area contributed by atoms with Gasteiger partial charge >= 0.3 is 0 Å². The molecule has 0 saturated carbocycles. The molecule has 2 heterocycles. The van der Waals surface area contributed by atoms with Gasteiger partial charge in [0.2, 0.25) is 10.0 Å². The van der Waals surface area contributed by atoms with Gasteiger partial charge in [-0.25, -0.2) is 8.42 Å². The summed E-state index contributed by atoms with van der Waals surface area (Å²) in [6.45, 7) is 6.39. The molecule has 0 bridgehead atoms. The van der Waals surface area contributed by atoms with E-state index in [2.05, 4.69) is 0 Å². The van der Waals surface area contributed by atoms with Crippen molar-refractivity contribution in [2.24, 2.45) is 11.7 Å². The van der Waals surface area contributed by atoms with Gasteiger partial charge in [-0.2, -0.15) is 4.31 Å². The van der Waals surface area contributed by atoms with Crippen molar-refractivity contribution in [3.05, 3.63) is 29.3 Å². The van der Waals surface area contributed by atoms with Crippen LogP contribution in [0.15, 0.2) is 23.1 Å². The Morgan fingerprint density at radius 3 is 2.62 bits per heavy atom. The number of aryl methyl sites for hydroxylation is 1. The molecule has 0 aliphatic carbocycles. The second-order valence-corrected chi connectivity index (χ2v) is 9.05. The molecule has 144 valence electrons. The summed E-state index contributed by atoms with van der Waals surface area (Å²) >= 11 is 0. The summed E-state index contributed by atoms with van der Waals surface area (Å²) in [5.74, 6) is 0.169. The highest BCUT2D eigenvalue weighted by atomic mass is 32.2. The number of morpholine rings is 1. The summed E-state index contributed by atoms with van der Waals surface area (Å²) in [7, 11) is -3.64. The van der Waals surface area contributed by atoms with Gasteiger partial charge in [0.15, 0.2) is 0 Å². The van der Waals surface area contributed by atoms with E-state index in [0.29, 0.717) is 56.4 Å². The summed E-state index contributed by atoms with van der Waals surface area (Å²) in [5.41, 5.74) is 6.80. The zero-order valence-electron chi connectivity index (χ0n) is 15.3. The van der Waals surface area contributed by atoms with Crippen LogP contribution in [0.1, 0.15) is 29.3 Å². The normalized spacial score (nSPS) is 24.8. The van der Waals surface area contributed by atoms with Gasteiger partial charge in [-0.3, -0.25) is 4.79 Å². The molecule has 2 aliphatic heterocycles. The number of benzene rings is 1. The molecule has 8 heteroatoms. The van der Waals surface area contributed by atoms with E-state index in [1.165, 1.54) is 10.4 Å². The Hall–Kier alpha value is -1.48. The van der Waals surface area contributed by atoms with Crippen LogP contribution in [0.5, 0.6) is 0 Å². The van der Waals surface area contributed by atoms with Crippen LogP contribution in [0.4, 0.5) is 0 Å². The van der Waals surface area contributed by atoms with E-state index in [4.69, 9.17) is 10.5 Å². The Bertz CT molecular complexity index is 775. The zero-order chi connectivity index (χ0) is 18.9. The molecule has 2 fully saturated rings. The molecule has 1 amide bonds. The van der Waals surface area contributed by atoms with Crippen LogP contribution in [-0.2, 0) is 14.8 Å². The average Bonchev–Trinajstić information content (AvgIpc) is 3.03. The largest absolute Gasteiger partial charge is 0.379 e. The maximum absolute atomic E-state index is 13.0. The van der Waals surface area contributed by atoms with Crippen molar-refractivity contribution in [2.45, 2.75) is 31.2 Å². The van der Waals surface area contributed by atoms with Gasteiger partial charge in [-0.15, -0.1) is 0 Å². The van der Waals surface area contributed by atoms with Gasteiger partial charge in [0.25, 0.3) is 5.91 Å². The van der Waals surface area contributed by atoms with Crippen molar-refractivity contribution >= 4 is 15.9 Å². The molecule has 0 aromatic heterocycles. The summed E-state index contributed by atoms with van der Waals surface area (Å²) in [6.07, 6.45) is 0.882. The van der Waals surface area contributed by atoms with Crippen molar-refractivity contribution in [3.8, 4) is 0 Å². The van der Waals surface area contributed by atoms with Gasteiger partial charge < -0.3 is 15.4 Å². The van der Waals surface area contributed by atoms with Crippen LogP contribution in [0.25, 0.3) is 0 Å². The lowest BCUT2D eigenvalue weighted by atomic mass is 10.1. The minimum absolute atomic E-state index is 0.108. The number of sulfonamides is 1. The Balaban J connectivity index is 1.89. The lowest BCUT2D eigenvalue weighted by molar-refractivity contribution is 0.0728. The molecule has 26 heavy (non-hydrogen) atoms. The van der Waals surface area contributed by atoms with Crippen LogP contribution in [0, 0.1) is 12.8 Å². The summed E-state index contributed by atoms with van der Waals surface area (Å²) in [6, 6.07) is 5.04. The predicted octanol–water partition coefficient (Wildman–Crippen LogP) is 0.825. The van der Waals surface area contributed by atoms with E-state index >= 15 is 0 Å². The summed E-state index contributed by atoms with van der Waals surface area (Å²) < 4.78 is 32.7. The number of ether oxygens (including phenoxy) is 1. The topological polar surface area (TPSA) is 92.9 Å². The summed E-state index contributed by atoms with van der Waals surface area (Å²) in [4.78, 5) is 14.9. The third kappa shape index (κ3) is 3.64. The molecule has 0 radical (unpaired) electrons. The lowest BCUT2D eigenvalue weighted by Crippen LogP contribution is -2.41. The fourth-order valence-electron chi connectivity index (χ4n) is 3.70. The maximum Gasteiger partial charge on any atom is 0.254 e. The van der Waals surface area contributed by atoms with Crippen molar-refractivity contribution in [2.75, 3.05) is 39.4 Å². The van der Waals surface area contributed by atoms with Crippen LogP contribution in [-0.4, -0.2) is 69.0 Å². The van der Waals surface area contributed by atoms with Gasteiger partial charge in [0.1, 0.15) is 0 Å². The molecule has 2 saturated heterocycles. The highest BCUT2D eigenvalue weighted by Crippen LogP contribution is 2.27. The minimum Gasteiger partial charge on any atom is -0.379 e. The summed E-state index contributed by atoms with van der Waals surface area (Å²) in [5, 5.41) is 0. The first kappa shape index (κ1) is 19.3. The fourth-order valence-corrected chi connectivity index (χ4v) is 5.36. The molecule has 2 aliphatic rings. The number of hydrogen-bond donors (Lipinski definition) is 1. The molecule has 2 N–H and O–H groups in total. The highest BCUT2D eigenvalue weighted by Gasteiger charge is 2.33. The molecular formula is C18H27N3O4S. The van der Waals surface area contributed by atoms with Crippen LogP contribution in [0.3, 0.4) is 0 Å². The Kier molecular flexibility index (Phi) is 5.67. The molecule has 2 atom stereocenters. The first-order valence-corrected chi connectivity index (χ1v) is 10.5. The monoisotopic (exact) mass is 381 g/mol. The van der Waals surface area contributed by atoms with E-state index in [1.54, 1.807) is 24.0 Å². The number of rotatable bonds is 4. The molecule has 1 aromatic rings. The number of nitrogens with two attached hydrogens (primary N) is 1. The quantitative estimate of drug-likeness (QED) is 0.834. The van der Waals surface area contributed by atoms with Crippen molar-refractivity contribution in [1.82, 2.24) is 9.21 Å². The van der Waals surface area contributed by atoms with Crippen molar-refractivity contribution in [1.29, 1.82) is 0 Å². The van der Waals surface area contributed by atoms with E-state index in [9.17, 15) is 13.2 Å². The molecule has 1 aromatic carbocycles. The smallest absolute Gasteiger partial charge is 0.254 e. The zero-order valence-corrected chi connectivity index (χ0v) is 16.2. The van der Waals surface area contributed by atoms with Gasteiger partial charge in [-0.1, -0.05) is 6.07 Å². The van der Waals surface area contributed by atoms with Gasteiger partial charge in [0, 0.05) is 31.2 Å².